The normalized spacial score (nSPS) is 26.0. The minimum Gasteiger partial charge on any atom is -0.497 e. The highest BCUT2D eigenvalue weighted by atomic mass is 32.1. The fourth-order valence-electron chi connectivity index (χ4n) is 9.04. The summed E-state index contributed by atoms with van der Waals surface area (Å²) in [5.41, 5.74) is 2.54. The lowest BCUT2D eigenvalue weighted by Gasteiger charge is -2.31. The van der Waals surface area contributed by atoms with Crippen LogP contribution >= 0.6 is 18.7 Å². The number of aromatic nitrogens is 2. The Bertz CT molecular complexity index is 2340. The Morgan fingerprint density at radius 3 is 2.58 bits per heavy atom. The van der Waals surface area contributed by atoms with Crippen molar-refractivity contribution in [1.82, 2.24) is 25.5 Å². The molecule has 330 valence electrons. The van der Waals surface area contributed by atoms with Crippen LogP contribution in [-0.2, 0) is 25.1 Å². The number of thiazole rings is 1. The number of carbonyl (C=O) groups excluding carboxylic acids is 3. The summed E-state index contributed by atoms with van der Waals surface area (Å²) in [6.45, 7) is 4.11. The predicted octanol–water partition coefficient (Wildman–Crippen LogP) is 8.40. The van der Waals surface area contributed by atoms with Crippen LogP contribution in [0.5, 0.6) is 11.5 Å². The topological polar surface area (TPSA) is 181 Å². The standard InChI is InChI=1S/C46H57N6O8PS/c1-29(2)47-44-49-39(28-62-44)38-24-41(35-21-20-33(58-3)22-37(35)48-38)59-34-23-40-42(53)51-46(61(56,57)27-30-14-8-7-9-15-30)25-31(46)16-10-5-4-6-11-19-36(43(54)52(40)26-34)50-45(55)60-32-17-12-13-18-32/h7-10,14-16,20-22,24,28-29,31-32,34,36,40H,4-6,11-13,17-19,23,25-27H2,1-3H3,(H,47,49)(H,50,55)(H,51,53)(H,56,57)/b16-10-/t31-,34+,36-,40-,46-/m0/s1. The first kappa shape index (κ1) is 43.7. The molecule has 2 aliphatic carbocycles. The quantitative estimate of drug-likeness (QED) is 0.0839. The van der Waals surface area contributed by atoms with E-state index in [-0.39, 0.29) is 37.2 Å². The van der Waals surface area contributed by atoms with Crippen LogP contribution in [0.3, 0.4) is 0 Å². The molecule has 4 heterocycles. The molecular formula is C46H57N6O8PS. The van der Waals surface area contributed by atoms with Gasteiger partial charge in [0.25, 0.3) is 0 Å². The number of anilines is 1. The number of hydrogen-bond donors (Lipinski definition) is 4. The third-order valence-corrected chi connectivity index (χ3v) is 15.8. The van der Waals surface area contributed by atoms with Crippen LogP contribution in [0.15, 0.2) is 72.1 Å². The van der Waals surface area contributed by atoms with Gasteiger partial charge in [-0.05, 0) is 82.9 Å². The summed E-state index contributed by atoms with van der Waals surface area (Å²) in [5, 5.41) is 11.3. The number of carbonyl (C=O) groups is 3. The fourth-order valence-corrected chi connectivity index (χ4v) is 12.2. The van der Waals surface area contributed by atoms with E-state index in [2.05, 4.69) is 16.0 Å². The Kier molecular flexibility index (Phi) is 13.2. The summed E-state index contributed by atoms with van der Waals surface area (Å²) in [4.78, 5) is 66.1. The molecule has 2 saturated carbocycles. The molecule has 62 heavy (non-hydrogen) atoms. The van der Waals surface area contributed by atoms with Gasteiger partial charge in [-0.3, -0.25) is 14.2 Å². The molecule has 0 spiro atoms. The van der Waals surface area contributed by atoms with Crippen LogP contribution in [0.4, 0.5) is 9.93 Å². The molecule has 3 fully saturated rings. The van der Waals surface area contributed by atoms with Gasteiger partial charge in [0, 0.05) is 41.3 Å². The van der Waals surface area contributed by atoms with Crippen molar-refractivity contribution in [3.05, 3.63) is 77.7 Å². The number of ether oxygens (including phenoxy) is 3. The summed E-state index contributed by atoms with van der Waals surface area (Å²) in [5.74, 6) is -0.219. The molecule has 0 bridgehead atoms. The average molecular weight is 885 g/mol. The van der Waals surface area contributed by atoms with Crippen molar-refractivity contribution in [1.29, 1.82) is 0 Å². The first-order valence-electron chi connectivity index (χ1n) is 21.9. The van der Waals surface area contributed by atoms with E-state index in [0.717, 1.165) is 50.1 Å². The van der Waals surface area contributed by atoms with Crippen molar-refractivity contribution in [2.45, 2.75) is 126 Å². The second-order valence-corrected chi connectivity index (χ2v) is 20.7. The van der Waals surface area contributed by atoms with Crippen LogP contribution < -0.4 is 25.4 Å². The number of alkyl carbamates (subject to hydrolysis) is 1. The third kappa shape index (κ3) is 9.80. The molecular weight excluding hydrogens is 828 g/mol. The number of methoxy groups -OCH3 is 1. The molecule has 14 nitrogen and oxygen atoms in total. The number of fused-ring (bicyclic) bond motifs is 3. The molecule has 2 aromatic carbocycles. The molecule has 2 aliphatic heterocycles. The maximum Gasteiger partial charge on any atom is 0.408 e. The highest BCUT2D eigenvalue weighted by Gasteiger charge is 2.66. The number of hydrogen-bond acceptors (Lipinski definition) is 11. The molecule has 4 aromatic rings. The maximum atomic E-state index is 14.9. The molecule has 0 radical (unpaired) electrons. The second kappa shape index (κ2) is 18.8. The SMILES string of the molecule is COc1ccc2c(O[C@@H]3C[C@H]4C(=O)N[C@]5(P(=O)(O)Cc6ccccc6)C[C@@H]5/C=C\CCCCC[C@H](NC(=O)OC5CCCC5)C(=O)N4C3)cc(-c3csc(NC(C)C)n3)nc2c1. The zero-order chi connectivity index (χ0) is 43.4. The van der Waals surface area contributed by atoms with E-state index in [9.17, 15) is 23.8 Å². The van der Waals surface area contributed by atoms with E-state index in [1.165, 1.54) is 16.2 Å². The number of pyridine rings is 1. The molecule has 1 unspecified atom stereocenters. The van der Waals surface area contributed by atoms with Crippen molar-refractivity contribution < 1.29 is 38.1 Å². The second-order valence-electron chi connectivity index (χ2n) is 17.4. The number of benzene rings is 2. The van der Waals surface area contributed by atoms with Gasteiger partial charge in [-0.1, -0.05) is 55.3 Å². The van der Waals surface area contributed by atoms with E-state index in [0.29, 0.717) is 58.6 Å². The molecule has 16 heteroatoms. The summed E-state index contributed by atoms with van der Waals surface area (Å²) < 4.78 is 32.6. The van der Waals surface area contributed by atoms with E-state index < -0.39 is 48.7 Å². The van der Waals surface area contributed by atoms with Crippen molar-refractivity contribution in [2.75, 3.05) is 19.0 Å². The Balaban J connectivity index is 1.13. The highest BCUT2D eigenvalue weighted by molar-refractivity contribution is 7.59. The lowest BCUT2D eigenvalue weighted by atomic mass is 10.0. The van der Waals surface area contributed by atoms with E-state index in [1.807, 2.05) is 86.0 Å². The maximum absolute atomic E-state index is 14.9. The summed E-state index contributed by atoms with van der Waals surface area (Å²) in [6, 6.07) is 14.6. The van der Waals surface area contributed by atoms with Crippen molar-refractivity contribution in [2.24, 2.45) is 5.92 Å². The Morgan fingerprint density at radius 2 is 1.81 bits per heavy atom. The lowest BCUT2D eigenvalue weighted by molar-refractivity contribution is -0.140. The third-order valence-electron chi connectivity index (χ3n) is 12.4. The van der Waals surface area contributed by atoms with Gasteiger partial charge >= 0.3 is 6.09 Å². The fraction of sp³-hybridized carbons (Fsp3) is 0.500. The summed E-state index contributed by atoms with van der Waals surface area (Å²) in [6.07, 6.45) is 9.70. The number of nitrogens with zero attached hydrogens (tertiary/aromatic N) is 3. The number of amides is 3. The van der Waals surface area contributed by atoms with Gasteiger partial charge in [0.2, 0.25) is 19.2 Å². The van der Waals surface area contributed by atoms with Gasteiger partial charge in [-0.2, -0.15) is 0 Å². The average Bonchev–Trinajstić information content (AvgIpc) is 3.66. The van der Waals surface area contributed by atoms with Crippen LogP contribution in [-0.4, -0.2) is 86.9 Å². The van der Waals surface area contributed by atoms with Crippen molar-refractivity contribution in [3.8, 4) is 22.9 Å². The Morgan fingerprint density at radius 1 is 1.02 bits per heavy atom. The molecule has 1 saturated heterocycles. The Hall–Kier alpha value is -4.98. The molecule has 2 aromatic heterocycles. The summed E-state index contributed by atoms with van der Waals surface area (Å²) >= 11 is 1.47. The number of allylic oxidation sites excluding steroid dienone is 1. The largest absolute Gasteiger partial charge is 0.497 e. The first-order valence-corrected chi connectivity index (χ1v) is 24.6. The van der Waals surface area contributed by atoms with Crippen LogP contribution in [0.1, 0.15) is 90.0 Å². The molecule has 8 rings (SSSR count). The van der Waals surface area contributed by atoms with Crippen LogP contribution in [0.2, 0.25) is 0 Å². The number of nitrogens with one attached hydrogen (secondary N) is 3. The van der Waals surface area contributed by atoms with E-state index in [1.54, 1.807) is 7.11 Å². The minimum atomic E-state index is -4.06. The molecule has 4 aliphatic rings. The number of rotatable bonds is 11. The molecule has 4 N–H and O–H groups in total. The van der Waals surface area contributed by atoms with Crippen molar-refractivity contribution in [3.63, 3.8) is 0 Å². The minimum absolute atomic E-state index is 0.0262. The van der Waals surface area contributed by atoms with Gasteiger partial charge in [-0.15, -0.1) is 11.3 Å². The molecule has 3 amide bonds. The predicted molar refractivity (Wildman–Crippen MR) is 240 cm³/mol. The molecule has 6 atom stereocenters. The van der Waals surface area contributed by atoms with Gasteiger partial charge < -0.3 is 40.0 Å². The first-order chi connectivity index (χ1) is 29.9. The zero-order valence-electron chi connectivity index (χ0n) is 35.6. The van der Waals surface area contributed by atoms with Gasteiger partial charge in [0.05, 0.1) is 31.0 Å². The van der Waals surface area contributed by atoms with Gasteiger partial charge in [-0.25, -0.2) is 14.8 Å². The van der Waals surface area contributed by atoms with Crippen molar-refractivity contribution >= 4 is 52.6 Å². The van der Waals surface area contributed by atoms with E-state index in [4.69, 9.17) is 24.2 Å². The summed E-state index contributed by atoms with van der Waals surface area (Å²) in [7, 11) is -2.47. The lowest BCUT2D eigenvalue weighted by Crippen LogP contribution is -2.55. The van der Waals surface area contributed by atoms with Gasteiger partial charge in [0.1, 0.15) is 46.8 Å². The highest BCUT2D eigenvalue weighted by Crippen LogP contribution is 2.71. The monoisotopic (exact) mass is 884 g/mol. The zero-order valence-corrected chi connectivity index (χ0v) is 37.3. The van der Waals surface area contributed by atoms with Crippen LogP contribution in [0, 0.1) is 5.92 Å². The van der Waals surface area contributed by atoms with Crippen LogP contribution in [0.25, 0.3) is 22.3 Å². The van der Waals surface area contributed by atoms with Gasteiger partial charge in [0.15, 0.2) is 5.13 Å². The van der Waals surface area contributed by atoms with E-state index >= 15 is 0 Å². The smallest absolute Gasteiger partial charge is 0.408 e. The Labute approximate surface area is 366 Å².